The molecule has 0 aliphatic carbocycles. The summed E-state index contributed by atoms with van der Waals surface area (Å²) in [6, 6.07) is 6.28. The Kier molecular flexibility index (Phi) is 7.32. The molecule has 1 aromatic rings. The third-order valence-electron chi connectivity index (χ3n) is 3.61. The number of hydrogen-bond donors (Lipinski definition) is 1. The Bertz CT molecular complexity index is 421. The minimum atomic E-state index is -0.0781. The number of nitrogens with one attached hydrogen (secondary N) is 1. The molecule has 2 nitrogen and oxygen atoms in total. The summed E-state index contributed by atoms with van der Waals surface area (Å²) in [7, 11) is 1.77. The predicted octanol–water partition coefficient (Wildman–Crippen LogP) is 4.72. The van der Waals surface area contributed by atoms with Gasteiger partial charge in [0.15, 0.2) is 0 Å². The Balaban J connectivity index is 2.64. The zero-order valence-corrected chi connectivity index (χ0v) is 14.3. The molecule has 0 bridgehead atoms. The fraction of sp³-hybridized carbons (Fsp3) is 0.625. The Hall–Kier alpha value is -0.280. The SMILES string of the molecule is CCNC(CCC(C)(C)OC)Cc1ccc(Cl)c(Cl)c1. The van der Waals surface area contributed by atoms with Crippen molar-refractivity contribution in [2.75, 3.05) is 13.7 Å². The number of methoxy groups -OCH3 is 1. The molecule has 1 aromatic carbocycles. The molecule has 114 valence electrons. The number of hydrogen-bond acceptors (Lipinski definition) is 2. The minimum absolute atomic E-state index is 0.0781. The molecule has 4 heteroatoms. The van der Waals surface area contributed by atoms with Gasteiger partial charge in [-0.25, -0.2) is 0 Å². The Labute approximate surface area is 132 Å². The second kappa shape index (κ2) is 8.23. The van der Waals surface area contributed by atoms with Gasteiger partial charge in [-0.05, 0) is 57.4 Å². The first-order valence-electron chi connectivity index (χ1n) is 7.10. The average Bonchev–Trinajstić information content (AvgIpc) is 2.41. The normalized spacial score (nSPS) is 13.5. The molecule has 1 rings (SSSR count). The van der Waals surface area contributed by atoms with Crippen molar-refractivity contribution in [1.82, 2.24) is 5.32 Å². The topological polar surface area (TPSA) is 21.3 Å². The van der Waals surface area contributed by atoms with Gasteiger partial charge in [-0.2, -0.15) is 0 Å². The molecule has 1 N–H and O–H groups in total. The van der Waals surface area contributed by atoms with Crippen molar-refractivity contribution >= 4 is 23.2 Å². The monoisotopic (exact) mass is 317 g/mol. The van der Waals surface area contributed by atoms with Gasteiger partial charge in [-0.15, -0.1) is 0 Å². The van der Waals surface area contributed by atoms with Crippen LogP contribution in [0.1, 0.15) is 39.2 Å². The zero-order valence-electron chi connectivity index (χ0n) is 12.8. The van der Waals surface area contributed by atoms with Gasteiger partial charge >= 0.3 is 0 Å². The van der Waals surface area contributed by atoms with Gasteiger partial charge in [0, 0.05) is 13.2 Å². The first-order chi connectivity index (χ1) is 9.38. The highest BCUT2D eigenvalue weighted by molar-refractivity contribution is 6.42. The number of ether oxygens (including phenoxy) is 1. The van der Waals surface area contributed by atoms with Gasteiger partial charge in [-0.1, -0.05) is 36.2 Å². The molecule has 0 saturated carbocycles. The molecular weight excluding hydrogens is 293 g/mol. The Morgan fingerprint density at radius 3 is 2.50 bits per heavy atom. The highest BCUT2D eigenvalue weighted by Gasteiger charge is 2.19. The van der Waals surface area contributed by atoms with Crippen molar-refractivity contribution in [2.24, 2.45) is 0 Å². The maximum atomic E-state index is 6.07. The highest BCUT2D eigenvalue weighted by atomic mass is 35.5. The smallest absolute Gasteiger partial charge is 0.0623 e. The van der Waals surface area contributed by atoms with E-state index in [1.54, 1.807) is 7.11 Å². The van der Waals surface area contributed by atoms with Crippen LogP contribution in [0.3, 0.4) is 0 Å². The van der Waals surface area contributed by atoms with Crippen LogP contribution in [0.15, 0.2) is 18.2 Å². The first kappa shape index (κ1) is 17.8. The van der Waals surface area contributed by atoms with Gasteiger partial charge in [0.2, 0.25) is 0 Å². The Morgan fingerprint density at radius 2 is 1.95 bits per heavy atom. The molecule has 1 unspecified atom stereocenters. The van der Waals surface area contributed by atoms with E-state index in [-0.39, 0.29) is 5.60 Å². The lowest BCUT2D eigenvalue weighted by Gasteiger charge is -2.26. The van der Waals surface area contributed by atoms with E-state index in [1.807, 2.05) is 18.2 Å². The molecule has 0 aliphatic rings. The molecule has 0 spiro atoms. The predicted molar refractivity (Wildman–Crippen MR) is 88.0 cm³/mol. The summed E-state index contributed by atoms with van der Waals surface area (Å²) >= 11 is 12.0. The van der Waals surface area contributed by atoms with E-state index in [2.05, 4.69) is 26.1 Å². The molecular formula is C16H25Cl2NO. The first-order valence-corrected chi connectivity index (χ1v) is 7.86. The van der Waals surface area contributed by atoms with Gasteiger partial charge in [-0.3, -0.25) is 0 Å². The lowest BCUT2D eigenvalue weighted by molar-refractivity contribution is 0.0117. The molecule has 0 saturated heterocycles. The lowest BCUT2D eigenvalue weighted by Crippen LogP contribution is -2.34. The molecule has 0 amide bonds. The summed E-state index contributed by atoms with van der Waals surface area (Å²) in [4.78, 5) is 0. The van der Waals surface area contributed by atoms with E-state index in [1.165, 1.54) is 5.56 Å². The van der Waals surface area contributed by atoms with Crippen molar-refractivity contribution < 1.29 is 4.74 Å². The maximum Gasteiger partial charge on any atom is 0.0623 e. The third kappa shape index (κ3) is 6.01. The van der Waals surface area contributed by atoms with Crippen molar-refractivity contribution in [1.29, 1.82) is 0 Å². The Morgan fingerprint density at radius 1 is 1.25 bits per heavy atom. The van der Waals surface area contributed by atoms with E-state index in [9.17, 15) is 0 Å². The van der Waals surface area contributed by atoms with Crippen LogP contribution in [-0.2, 0) is 11.2 Å². The summed E-state index contributed by atoms with van der Waals surface area (Å²) in [5, 5.41) is 4.76. The van der Waals surface area contributed by atoms with E-state index in [4.69, 9.17) is 27.9 Å². The van der Waals surface area contributed by atoms with Gasteiger partial charge < -0.3 is 10.1 Å². The minimum Gasteiger partial charge on any atom is -0.379 e. The zero-order chi connectivity index (χ0) is 15.2. The molecule has 0 heterocycles. The quantitative estimate of drug-likeness (QED) is 0.749. The van der Waals surface area contributed by atoms with Crippen LogP contribution >= 0.6 is 23.2 Å². The number of rotatable bonds is 8. The van der Waals surface area contributed by atoms with Crippen LogP contribution in [0.25, 0.3) is 0 Å². The average molecular weight is 318 g/mol. The standard InChI is InChI=1S/C16H25Cl2NO/c1-5-19-13(8-9-16(2,3)20-4)10-12-6-7-14(17)15(18)11-12/h6-7,11,13,19H,5,8-10H2,1-4H3. The van der Waals surface area contributed by atoms with Crippen LogP contribution in [0.5, 0.6) is 0 Å². The number of halogens is 2. The van der Waals surface area contributed by atoms with Crippen LogP contribution in [0.4, 0.5) is 0 Å². The van der Waals surface area contributed by atoms with Crippen molar-refractivity contribution in [3.63, 3.8) is 0 Å². The number of likely N-dealkylation sites (N-methyl/N-ethyl adjacent to an activating group) is 1. The summed E-state index contributed by atoms with van der Waals surface area (Å²) in [5.41, 5.74) is 1.13. The lowest BCUT2D eigenvalue weighted by atomic mass is 9.95. The van der Waals surface area contributed by atoms with Gasteiger partial charge in [0.25, 0.3) is 0 Å². The van der Waals surface area contributed by atoms with E-state index >= 15 is 0 Å². The molecule has 0 fully saturated rings. The van der Waals surface area contributed by atoms with E-state index in [0.29, 0.717) is 16.1 Å². The molecule has 0 radical (unpaired) electrons. The fourth-order valence-electron chi connectivity index (χ4n) is 2.14. The van der Waals surface area contributed by atoms with Gasteiger partial charge in [0.05, 0.1) is 15.6 Å². The molecule has 0 aromatic heterocycles. The maximum absolute atomic E-state index is 6.07. The van der Waals surface area contributed by atoms with E-state index < -0.39 is 0 Å². The summed E-state index contributed by atoms with van der Waals surface area (Å²) in [6.45, 7) is 7.33. The third-order valence-corrected chi connectivity index (χ3v) is 4.35. The van der Waals surface area contributed by atoms with Gasteiger partial charge in [0.1, 0.15) is 0 Å². The van der Waals surface area contributed by atoms with Crippen LogP contribution in [0, 0.1) is 0 Å². The number of benzene rings is 1. The molecule has 20 heavy (non-hydrogen) atoms. The highest BCUT2D eigenvalue weighted by Crippen LogP contribution is 2.24. The summed E-state index contributed by atoms with van der Waals surface area (Å²) in [6.07, 6.45) is 3.03. The van der Waals surface area contributed by atoms with Crippen LogP contribution < -0.4 is 5.32 Å². The van der Waals surface area contributed by atoms with E-state index in [0.717, 1.165) is 25.8 Å². The van der Waals surface area contributed by atoms with Crippen molar-refractivity contribution in [3.8, 4) is 0 Å². The largest absolute Gasteiger partial charge is 0.379 e. The summed E-state index contributed by atoms with van der Waals surface area (Å²) < 4.78 is 5.48. The summed E-state index contributed by atoms with van der Waals surface area (Å²) in [5.74, 6) is 0. The van der Waals surface area contributed by atoms with Crippen LogP contribution in [0.2, 0.25) is 10.0 Å². The second-order valence-electron chi connectivity index (χ2n) is 5.71. The second-order valence-corrected chi connectivity index (χ2v) is 6.52. The van der Waals surface area contributed by atoms with Crippen molar-refractivity contribution in [2.45, 2.75) is 51.7 Å². The van der Waals surface area contributed by atoms with Crippen LogP contribution in [-0.4, -0.2) is 25.3 Å². The fourth-order valence-corrected chi connectivity index (χ4v) is 2.46. The van der Waals surface area contributed by atoms with Crippen molar-refractivity contribution in [3.05, 3.63) is 33.8 Å². The molecule has 1 atom stereocenters. The molecule has 0 aliphatic heterocycles.